The van der Waals surface area contributed by atoms with Gasteiger partial charge >= 0.3 is 6.18 Å². The van der Waals surface area contributed by atoms with Crippen LogP contribution in [0.25, 0.3) is 16.7 Å². The first-order valence-corrected chi connectivity index (χ1v) is 11.6. The predicted molar refractivity (Wildman–Crippen MR) is 121 cm³/mol. The molecule has 4 atom stereocenters. The topological polar surface area (TPSA) is 92.5 Å². The van der Waals surface area contributed by atoms with Gasteiger partial charge in [-0.15, -0.1) is 0 Å². The van der Waals surface area contributed by atoms with Crippen molar-refractivity contribution in [3.8, 4) is 0 Å². The molecule has 4 aromatic rings. The molecule has 0 spiro atoms. The van der Waals surface area contributed by atoms with Gasteiger partial charge in [0.2, 0.25) is 0 Å². The Morgan fingerprint density at radius 3 is 2.74 bits per heavy atom. The molecule has 2 fully saturated rings. The molecule has 0 amide bonds. The van der Waals surface area contributed by atoms with Crippen LogP contribution in [0, 0.1) is 5.92 Å². The van der Waals surface area contributed by atoms with Crippen molar-refractivity contribution in [1.29, 1.82) is 0 Å². The Kier molecular flexibility index (Phi) is 4.88. The summed E-state index contributed by atoms with van der Waals surface area (Å²) >= 11 is 0. The summed E-state index contributed by atoms with van der Waals surface area (Å²) in [6.07, 6.45) is 3.67. The average molecular weight is 486 g/mol. The van der Waals surface area contributed by atoms with Gasteiger partial charge in [0.15, 0.2) is 11.5 Å². The number of aromatic nitrogens is 5. The molecule has 0 radical (unpaired) electrons. The van der Waals surface area contributed by atoms with Crippen LogP contribution in [0.5, 0.6) is 0 Å². The molecule has 1 saturated carbocycles. The van der Waals surface area contributed by atoms with Crippen molar-refractivity contribution in [3.05, 3.63) is 54.4 Å². The Morgan fingerprint density at radius 1 is 1.14 bits per heavy atom. The molecule has 1 aliphatic carbocycles. The molecule has 5 heterocycles. The van der Waals surface area contributed by atoms with Crippen LogP contribution < -0.4 is 5.73 Å². The molecule has 0 unspecified atom stereocenters. The fourth-order valence-electron chi connectivity index (χ4n) is 5.54. The molecule has 6 rings (SSSR count). The SMILES string of the molecule is CC1(C)O[C@@H]2[C@@H](CCc3ccn4cc(C(F)(F)F)nc4c3)C[C@@H](n3ccc4c(N)ncnc43)[C@@H]2O1. The summed E-state index contributed by atoms with van der Waals surface area (Å²) in [5.74, 6) is -0.0663. The minimum Gasteiger partial charge on any atom is -0.383 e. The monoisotopic (exact) mass is 486 g/mol. The first-order valence-electron chi connectivity index (χ1n) is 11.6. The fraction of sp³-hybridized carbons (Fsp3) is 0.458. The van der Waals surface area contributed by atoms with Gasteiger partial charge in [0, 0.05) is 18.6 Å². The Labute approximate surface area is 198 Å². The van der Waals surface area contributed by atoms with Crippen LogP contribution in [-0.2, 0) is 22.1 Å². The van der Waals surface area contributed by atoms with Gasteiger partial charge < -0.3 is 24.2 Å². The molecule has 2 N–H and O–H groups in total. The molecule has 0 bridgehead atoms. The van der Waals surface area contributed by atoms with E-state index in [2.05, 4.69) is 19.5 Å². The number of nitrogen functional groups attached to an aromatic ring is 1. The second-order valence-corrected chi connectivity index (χ2v) is 9.81. The molecule has 1 aliphatic heterocycles. The number of nitrogens with zero attached hydrogens (tertiary/aromatic N) is 5. The van der Waals surface area contributed by atoms with E-state index in [0.29, 0.717) is 12.2 Å². The van der Waals surface area contributed by atoms with Crippen LogP contribution >= 0.6 is 0 Å². The minimum absolute atomic E-state index is 0.0164. The third-order valence-electron chi connectivity index (χ3n) is 7.07. The van der Waals surface area contributed by atoms with Crippen LogP contribution in [0.2, 0.25) is 0 Å². The van der Waals surface area contributed by atoms with Crippen molar-refractivity contribution >= 4 is 22.5 Å². The lowest BCUT2D eigenvalue weighted by Crippen LogP contribution is -2.27. The van der Waals surface area contributed by atoms with Gasteiger partial charge in [-0.1, -0.05) is 0 Å². The van der Waals surface area contributed by atoms with E-state index in [1.165, 1.54) is 10.7 Å². The Hall–Kier alpha value is -3.18. The summed E-state index contributed by atoms with van der Waals surface area (Å²) in [6, 6.07) is 5.49. The zero-order valence-corrected chi connectivity index (χ0v) is 19.2. The third kappa shape index (κ3) is 3.82. The number of halogens is 3. The molecule has 11 heteroatoms. The van der Waals surface area contributed by atoms with Gasteiger partial charge in [-0.2, -0.15) is 13.2 Å². The van der Waals surface area contributed by atoms with Gasteiger partial charge in [0.05, 0.1) is 17.5 Å². The summed E-state index contributed by atoms with van der Waals surface area (Å²) in [5, 5.41) is 0.803. The van der Waals surface area contributed by atoms with Gasteiger partial charge in [-0.3, -0.25) is 0 Å². The Morgan fingerprint density at radius 2 is 1.94 bits per heavy atom. The first-order chi connectivity index (χ1) is 16.6. The standard InChI is InChI=1S/C24H25F3N6O2/c1-23(2)34-19-14(4-3-13-5-7-32-11-17(24(25,26)27)31-18(32)9-13)10-16(20(19)35-23)33-8-6-15-21(28)29-12-30-22(15)33/h5-9,11-12,14,16,19-20H,3-4,10H2,1-2H3,(H2,28,29,30)/t14-,16+,19+,20-/m0/s1. The van der Waals surface area contributed by atoms with E-state index < -0.39 is 17.7 Å². The summed E-state index contributed by atoms with van der Waals surface area (Å²) in [6.45, 7) is 3.83. The van der Waals surface area contributed by atoms with Crippen molar-refractivity contribution in [2.24, 2.45) is 5.92 Å². The number of fused-ring (bicyclic) bond motifs is 3. The van der Waals surface area contributed by atoms with Crippen molar-refractivity contribution in [2.75, 3.05) is 5.73 Å². The van der Waals surface area contributed by atoms with Crippen LogP contribution in [-0.4, -0.2) is 41.9 Å². The molecule has 1 saturated heterocycles. The Balaban J connectivity index is 1.25. The summed E-state index contributed by atoms with van der Waals surface area (Å²) in [7, 11) is 0. The molecular formula is C24H25F3N6O2. The van der Waals surface area contributed by atoms with E-state index in [9.17, 15) is 13.2 Å². The highest BCUT2D eigenvalue weighted by molar-refractivity contribution is 5.86. The lowest BCUT2D eigenvalue weighted by molar-refractivity contribution is -0.160. The Bertz CT molecular complexity index is 1410. The van der Waals surface area contributed by atoms with Crippen LogP contribution in [0.15, 0.2) is 43.1 Å². The number of imidazole rings is 1. The van der Waals surface area contributed by atoms with Crippen molar-refractivity contribution < 1.29 is 22.6 Å². The van der Waals surface area contributed by atoms with Gasteiger partial charge in [-0.05, 0) is 62.8 Å². The number of alkyl halides is 3. The predicted octanol–water partition coefficient (Wildman–Crippen LogP) is 4.39. The molecular weight excluding hydrogens is 461 g/mol. The quantitative estimate of drug-likeness (QED) is 0.460. The highest BCUT2D eigenvalue weighted by Crippen LogP contribution is 2.49. The number of hydrogen-bond donors (Lipinski definition) is 1. The maximum atomic E-state index is 13.0. The molecule has 4 aromatic heterocycles. The third-order valence-corrected chi connectivity index (χ3v) is 7.07. The smallest absolute Gasteiger partial charge is 0.383 e. The largest absolute Gasteiger partial charge is 0.434 e. The van der Waals surface area contributed by atoms with E-state index in [4.69, 9.17) is 15.2 Å². The van der Waals surface area contributed by atoms with Crippen LogP contribution in [0.4, 0.5) is 19.0 Å². The number of rotatable bonds is 4. The summed E-state index contributed by atoms with van der Waals surface area (Å²) in [4.78, 5) is 12.3. The van der Waals surface area contributed by atoms with Gasteiger partial charge in [0.25, 0.3) is 0 Å². The molecule has 184 valence electrons. The summed E-state index contributed by atoms with van der Waals surface area (Å²) in [5.41, 5.74) is 7.13. The zero-order valence-electron chi connectivity index (χ0n) is 19.2. The number of aryl methyl sites for hydroxylation is 1. The molecule has 35 heavy (non-hydrogen) atoms. The van der Waals surface area contributed by atoms with Crippen LogP contribution in [0.1, 0.15) is 44.0 Å². The van der Waals surface area contributed by atoms with E-state index in [-0.39, 0.29) is 29.8 Å². The number of hydrogen-bond acceptors (Lipinski definition) is 6. The second-order valence-electron chi connectivity index (χ2n) is 9.81. The average Bonchev–Trinajstić information content (AvgIpc) is 3.53. The molecule has 0 aromatic carbocycles. The lowest BCUT2D eigenvalue weighted by Gasteiger charge is -2.24. The molecule has 8 nitrogen and oxygen atoms in total. The first kappa shape index (κ1) is 22.3. The highest BCUT2D eigenvalue weighted by Gasteiger charge is 2.54. The van der Waals surface area contributed by atoms with E-state index in [0.717, 1.165) is 35.6 Å². The molecule has 2 aliphatic rings. The fourth-order valence-corrected chi connectivity index (χ4v) is 5.54. The highest BCUT2D eigenvalue weighted by atomic mass is 19.4. The van der Waals surface area contributed by atoms with Gasteiger partial charge in [-0.25, -0.2) is 15.0 Å². The zero-order chi connectivity index (χ0) is 24.5. The van der Waals surface area contributed by atoms with Crippen molar-refractivity contribution in [2.45, 2.75) is 63.3 Å². The van der Waals surface area contributed by atoms with Gasteiger partial charge in [0.1, 0.15) is 29.5 Å². The van der Waals surface area contributed by atoms with Crippen LogP contribution in [0.3, 0.4) is 0 Å². The second kappa shape index (κ2) is 7.66. The number of ether oxygens (including phenoxy) is 2. The number of pyridine rings is 1. The maximum absolute atomic E-state index is 13.0. The van der Waals surface area contributed by atoms with E-state index in [1.54, 1.807) is 12.3 Å². The van der Waals surface area contributed by atoms with E-state index >= 15 is 0 Å². The maximum Gasteiger partial charge on any atom is 0.434 e. The number of anilines is 1. The minimum atomic E-state index is -4.47. The number of nitrogens with two attached hydrogens (primary N) is 1. The van der Waals surface area contributed by atoms with E-state index in [1.807, 2.05) is 32.2 Å². The normalized spacial score (nSPS) is 26.1. The van der Waals surface area contributed by atoms with Crippen molar-refractivity contribution in [3.63, 3.8) is 0 Å². The summed E-state index contributed by atoms with van der Waals surface area (Å²) < 4.78 is 55.2. The van der Waals surface area contributed by atoms with Crippen molar-refractivity contribution in [1.82, 2.24) is 23.9 Å². The lowest BCUT2D eigenvalue weighted by atomic mass is 9.96.